The zero-order chi connectivity index (χ0) is 26.5. The van der Waals surface area contributed by atoms with E-state index in [9.17, 15) is 35.1 Å². The Kier molecular flexibility index (Phi) is 5.76. The van der Waals surface area contributed by atoms with E-state index in [1.54, 1.807) is 0 Å². The molecule has 1 aliphatic rings. The molecule has 0 bridgehead atoms. The molecule has 0 radical (unpaired) electrons. The van der Waals surface area contributed by atoms with Crippen molar-refractivity contribution in [3.8, 4) is 22.6 Å². The lowest BCUT2D eigenvalue weighted by Gasteiger charge is -2.19. The van der Waals surface area contributed by atoms with Gasteiger partial charge in [0.1, 0.15) is 17.2 Å². The Labute approximate surface area is 202 Å². The van der Waals surface area contributed by atoms with E-state index in [1.165, 1.54) is 29.4 Å². The molecule has 0 spiro atoms. The average Bonchev–Trinajstić information content (AvgIpc) is 3.46. The van der Waals surface area contributed by atoms with Gasteiger partial charge in [-0.3, -0.25) is 5.01 Å². The van der Waals surface area contributed by atoms with Crippen molar-refractivity contribution in [2.75, 3.05) is 0 Å². The normalized spacial score (nSPS) is 13.8. The van der Waals surface area contributed by atoms with E-state index in [0.29, 0.717) is 23.5 Å². The van der Waals surface area contributed by atoms with Gasteiger partial charge in [-0.1, -0.05) is 17.3 Å². The molecule has 0 unspecified atom stereocenters. The Morgan fingerprint density at radius 1 is 0.946 bits per heavy atom. The van der Waals surface area contributed by atoms with E-state index in [0.717, 1.165) is 6.07 Å². The zero-order valence-electron chi connectivity index (χ0n) is 18.3. The molecule has 5 rings (SSSR count). The summed E-state index contributed by atoms with van der Waals surface area (Å²) >= 11 is 0. The van der Waals surface area contributed by atoms with Crippen molar-refractivity contribution in [3.63, 3.8) is 0 Å². The van der Waals surface area contributed by atoms with E-state index >= 15 is 0 Å². The van der Waals surface area contributed by atoms with Crippen molar-refractivity contribution in [3.05, 3.63) is 82.4 Å². The maximum Gasteiger partial charge on any atom is 0.417 e. The molecule has 192 valence electrons. The molecule has 3 heterocycles. The van der Waals surface area contributed by atoms with Gasteiger partial charge in [0, 0.05) is 11.6 Å². The lowest BCUT2D eigenvalue weighted by Crippen LogP contribution is -2.21. The average molecular weight is 527 g/mol. The fraction of sp³-hybridized carbons (Fsp3) is 0.174. The van der Waals surface area contributed by atoms with Gasteiger partial charge in [0.05, 0.1) is 41.7 Å². The van der Waals surface area contributed by atoms with Crippen molar-refractivity contribution in [1.82, 2.24) is 20.1 Å². The first-order chi connectivity index (χ1) is 17.4. The Morgan fingerprint density at radius 3 is 2.46 bits per heavy atom. The summed E-state index contributed by atoms with van der Waals surface area (Å²) in [4.78, 5) is 7.10. The molecule has 0 fully saturated rings. The third-order valence-electron chi connectivity index (χ3n) is 5.53. The number of halogens is 8. The molecule has 14 heteroatoms. The van der Waals surface area contributed by atoms with E-state index in [2.05, 4.69) is 20.2 Å². The quantitative estimate of drug-likeness (QED) is 0.312. The number of benzene rings is 2. The molecule has 0 saturated heterocycles. The highest BCUT2D eigenvalue weighted by Crippen LogP contribution is 2.40. The number of imidazole rings is 1. The van der Waals surface area contributed by atoms with Gasteiger partial charge in [-0.2, -0.15) is 31.4 Å². The topological polar surface area (TPSA) is 70.3 Å². The van der Waals surface area contributed by atoms with Gasteiger partial charge in [0.2, 0.25) is 0 Å². The largest absolute Gasteiger partial charge is 0.417 e. The molecule has 1 N–H and O–H groups in total. The van der Waals surface area contributed by atoms with Crippen LogP contribution in [0.15, 0.2) is 52.1 Å². The number of hydrogen-bond donors (Lipinski definition) is 1. The Morgan fingerprint density at radius 2 is 1.73 bits per heavy atom. The second-order valence-corrected chi connectivity index (χ2v) is 8.05. The van der Waals surface area contributed by atoms with Crippen LogP contribution in [0.4, 0.5) is 35.1 Å². The van der Waals surface area contributed by atoms with Crippen LogP contribution in [0.5, 0.6) is 0 Å². The molecule has 2 aromatic carbocycles. The first-order valence-electron chi connectivity index (χ1n) is 10.5. The summed E-state index contributed by atoms with van der Waals surface area (Å²) in [5.74, 6) is -1.94. The Hall–Kier alpha value is -4.23. The number of fused-ring (bicyclic) bond motifs is 1. The third-order valence-corrected chi connectivity index (χ3v) is 5.53. The number of hydrogen-bond acceptors (Lipinski definition) is 5. The monoisotopic (exact) mass is 527 g/mol. The van der Waals surface area contributed by atoms with Crippen LogP contribution in [0.2, 0.25) is 0 Å². The van der Waals surface area contributed by atoms with Crippen LogP contribution in [0.1, 0.15) is 28.3 Å². The van der Waals surface area contributed by atoms with Crippen LogP contribution in [-0.4, -0.2) is 26.3 Å². The summed E-state index contributed by atoms with van der Waals surface area (Å²) in [5, 5.41) is 9.19. The third kappa shape index (κ3) is 4.78. The van der Waals surface area contributed by atoms with Gasteiger partial charge in [-0.15, -0.1) is 0 Å². The van der Waals surface area contributed by atoms with Gasteiger partial charge in [-0.05, 0) is 24.3 Å². The number of alkyl halides is 6. The minimum Gasteiger partial charge on any atom is -0.359 e. The molecular formula is C23H13F8N5O. The molecule has 4 aromatic rings. The standard InChI is InChI=1S/C23H13F8N5O/c24-16-3-1-2-14(20(16)25)21-33-18-8-32-36(10-19(18)34-21)9-12-7-17(35-37-12)13-5-4-11(22(26,27)28)6-15(13)23(29,30)31/h1-8H,9-10H2,(H,33,34). The summed E-state index contributed by atoms with van der Waals surface area (Å²) in [6.07, 6.45) is -8.67. The summed E-state index contributed by atoms with van der Waals surface area (Å²) in [6.45, 7) is 0.0491. The molecule has 0 atom stereocenters. The predicted octanol–water partition coefficient (Wildman–Crippen LogP) is 6.40. The Balaban J connectivity index is 1.36. The van der Waals surface area contributed by atoms with Gasteiger partial charge >= 0.3 is 12.4 Å². The van der Waals surface area contributed by atoms with Crippen LogP contribution >= 0.6 is 0 Å². The van der Waals surface area contributed by atoms with E-state index < -0.39 is 40.7 Å². The minimum absolute atomic E-state index is 0.0252. The first kappa shape index (κ1) is 24.5. The van der Waals surface area contributed by atoms with Crippen molar-refractivity contribution < 1.29 is 39.6 Å². The predicted molar refractivity (Wildman–Crippen MR) is 113 cm³/mol. The summed E-state index contributed by atoms with van der Waals surface area (Å²) < 4.78 is 112. The summed E-state index contributed by atoms with van der Waals surface area (Å²) in [7, 11) is 0. The number of aromatic amines is 1. The lowest BCUT2D eigenvalue weighted by atomic mass is 10.0. The SMILES string of the molecule is Fc1cccc(-c2nc3c([nH]2)CN(Cc2cc(-c4ccc(C(F)(F)F)cc4C(F)(F)F)no2)N=C3)c1F. The molecule has 2 aromatic heterocycles. The van der Waals surface area contributed by atoms with Gasteiger partial charge in [0.15, 0.2) is 17.4 Å². The van der Waals surface area contributed by atoms with Crippen LogP contribution in [0.3, 0.4) is 0 Å². The number of aromatic nitrogens is 3. The maximum absolute atomic E-state index is 14.1. The molecule has 37 heavy (non-hydrogen) atoms. The zero-order valence-corrected chi connectivity index (χ0v) is 18.3. The molecule has 0 amide bonds. The second-order valence-electron chi connectivity index (χ2n) is 8.05. The second kappa shape index (κ2) is 8.71. The maximum atomic E-state index is 14.1. The van der Waals surface area contributed by atoms with Gasteiger partial charge in [-0.25, -0.2) is 13.8 Å². The van der Waals surface area contributed by atoms with Crippen LogP contribution in [0, 0.1) is 11.6 Å². The Bertz CT molecular complexity index is 1500. The van der Waals surface area contributed by atoms with Gasteiger partial charge in [0.25, 0.3) is 0 Å². The van der Waals surface area contributed by atoms with Crippen molar-refractivity contribution in [2.45, 2.75) is 25.4 Å². The summed E-state index contributed by atoms with van der Waals surface area (Å²) in [6, 6.07) is 6.07. The smallest absolute Gasteiger partial charge is 0.359 e. The molecule has 1 aliphatic heterocycles. The lowest BCUT2D eigenvalue weighted by molar-refractivity contribution is -0.142. The molecule has 6 nitrogen and oxygen atoms in total. The number of nitrogens with one attached hydrogen (secondary N) is 1. The minimum atomic E-state index is -5.07. The van der Waals surface area contributed by atoms with Crippen LogP contribution < -0.4 is 0 Å². The first-order valence-corrected chi connectivity index (χ1v) is 10.5. The van der Waals surface area contributed by atoms with Gasteiger partial charge < -0.3 is 9.51 Å². The van der Waals surface area contributed by atoms with E-state index in [4.69, 9.17) is 4.52 Å². The highest BCUT2D eigenvalue weighted by molar-refractivity contribution is 5.80. The number of H-pyrrole nitrogens is 1. The highest BCUT2D eigenvalue weighted by Gasteiger charge is 2.39. The summed E-state index contributed by atoms with van der Waals surface area (Å²) in [5.41, 5.74) is -3.01. The molecule has 0 aliphatic carbocycles. The van der Waals surface area contributed by atoms with E-state index in [1.807, 2.05) is 0 Å². The molecular weight excluding hydrogens is 514 g/mol. The number of hydrazone groups is 1. The van der Waals surface area contributed by atoms with Crippen molar-refractivity contribution in [1.29, 1.82) is 0 Å². The van der Waals surface area contributed by atoms with Crippen LogP contribution in [-0.2, 0) is 25.4 Å². The molecule has 0 saturated carbocycles. The number of nitrogens with zero attached hydrogens (tertiary/aromatic N) is 4. The van der Waals surface area contributed by atoms with Crippen molar-refractivity contribution >= 4 is 6.21 Å². The fourth-order valence-corrected chi connectivity index (χ4v) is 3.79. The van der Waals surface area contributed by atoms with Crippen molar-refractivity contribution in [2.24, 2.45) is 5.10 Å². The highest BCUT2D eigenvalue weighted by atomic mass is 19.4. The number of rotatable bonds is 4. The van der Waals surface area contributed by atoms with E-state index in [-0.39, 0.29) is 42.0 Å². The fourth-order valence-electron chi connectivity index (χ4n) is 3.79. The van der Waals surface area contributed by atoms with Crippen LogP contribution in [0.25, 0.3) is 22.6 Å².